The summed E-state index contributed by atoms with van der Waals surface area (Å²) in [5.41, 5.74) is 4.32. The number of hydrogen-bond donors (Lipinski definition) is 2. The largest absolute Gasteiger partial charge is 0.355 e. The van der Waals surface area contributed by atoms with E-state index in [1.54, 1.807) is 13.1 Å². The van der Waals surface area contributed by atoms with Gasteiger partial charge in [-0.3, -0.25) is 4.79 Å². The Balaban J connectivity index is 1.91. The van der Waals surface area contributed by atoms with Crippen molar-refractivity contribution in [3.05, 3.63) is 88.8 Å². The van der Waals surface area contributed by atoms with Gasteiger partial charge in [0.05, 0.1) is 11.2 Å². The van der Waals surface area contributed by atoms with E-state index < -0.39 is 0 Å². The lowest BCUT2D eigenvalue weighted by molar-refractivity contribution is 0.0963. The zero-order chi connectivity index (χ0) is 18.8. The summed E-state index contributed by atoms with van der Waals surface area (Å²) < 4.78 is 0. The number of hydrogen-bond acceptors (Lipinski definition) is 3. The summed E-state index contributed by atoms with van der Waals surface area (Å²) in [7, 11) is 1.61. The van der Waals surface area contributed by atoms with Gasteiger partial charge in [-0.1, -0.05) is 48.5 Å². The van der Waals surface area contributed by atoms with Crippen LogP contribution in [0, 0.1) is 0 Å². The first-order valence-electron chi connectivity index (χ1n) is 8.58. The van der Waals surface area contributed by atoms with Crippen molar-refractivity contribution in [3.63, 3.8) is 0 Å². The van der Waals surface area contributed by atoms with Crippen molar-refractivity contribution in [1.29, 1.82) is 0 Å². The van der Waals surface area contributed by atoms with Crippen LogP contribution in [0.5, 0.6) is 0 Å². The van der Waals surface area contributed by atoms with Crippen molar-refractivity contribution in [2.45, 2.75) is 0 Å². The number of amides is 1. The van der Waals surface area contributed by atoms with Gasteiger partial charge in [0.15, 0.2) is 0 Å². The predicted molar refractivity (Wildman–Crippen MR) is 107 cm³/mol. The van der Waals surface area contributed by atoms with Crippen LogP contribution in [-0.4, -0.2) is 22.9 Å². The minimum atomic E-state index is -0.379. The van der Waals surface area contributed by atoms with E-state index in [4.69, 9.17) is 0 Å². The van der Waals surface area contributed by atoms with Crippen LogP contribution in [0.4, 0.5) is 0 Å². The molecule has 5 nitrogen and oxygen atoms in total. The average molecular weight is 355 g/mol. The standard InChI is InChI=1S/C22H17N3O2/c1-23-21(26)17-9-5-8-15(12-17)16-10-11-19-18(13-16)20(25-22(27)24-19)14-6-3-2-4-7-14/h2-13H,1H3,(H,23,26)(H,24,25,27). The molecule has 0 saturated carbocycles. The second-order valence-corrected chi connectivity index (χ2v) is 6.18. The molecule has 0 bridgehead atoms. The lowest BCUT2D eigenvalue weighted by Gasteiger charge is -2.09. The molecule has 0 unspecified atom stereocenters. The lowest BCUT2D eigenvalue weighted by Crippen LogP contribution is -2.17. The third kappa shape index (κ3) is 3.22. The number of carbonyl (C=O) groups excluding carboxylic acids is 1. The van der Waals surface area contributed by atoms with Gasteiger partial charge in [0.25, 0.3) is 5.91 Å². The number of carbonyl (C=O) groups is 1. The van der Waals surface area contributed by atoms with E-state index >= 15 is 0 Å². The molecule has 4 aromatic rings. The maximum atomic E-state index is 12.0. The molecule has 0 fully saturated rings. The molecule has 0 aliphatic rings. The smallest absolute Gasteiger partial charge is 0.345 e. The maximum Gasteiger partial charge on any atom is 0.345 e. The monoisotopic (exact) mass is 355 g/mol. The molecular formula is C22H17N3O2. The molecule has 4 rings (SSSR count). The molecule has 0 radical (unpaired) electrons. The third-order valence-corrected chi connectivity index (χ3v) is 4.46. The summed E-state index contributed by atoms with van der Waals surface area (Å²) in [6, 6.07) is 22.8. The van der Waals surface area contributed by atoms with E-state index in [0.29, 0.717) is 11.3 Å². The molecule has 3 aromatic carbocycles. The van der Waals surface area contributed by atoms with Crippen LogP contribution in [0.15, 0.2) is 77.6 Å². The van der Waals surface area contributed by atoms with E-state index in [2.05, 4.69) is 15.3 Å². The molecule has 0 saturated heterocycles. The highest BCUT2D eigenvalue weighted by Gasteiger charge is 2.10. The highest BCUT2D eigenvalue weighted by molar-refractivity contribution is 5.97. The molecule has 27 heavy (non-hydrogen) atoms. The highest BCUT2D eigenvalue weighted by atomic mass is 16.1. The van der Waals surface area contributed by atoms with Crippen LogP contribution < -0.4 is 11.0 Å². The fourth-order valence-corrected chi connectivity index (χ4v) is 3.13. The Bertz CT molecular complexity index is 1200. The van der Waals surface area contributed by atoms with Gasteiger partial charge in [-0.05, 0) is 35.4 Å². The molecule has 1 amide bonds. The Hall–Kier alpha value is -3.73. The van der Waals surface area contributed by atoms with Crippen LogP contribution in [0.1, 0.15) is 10.4 Å². The minimum absolute atomic E-state index is 0.131. The van der Waals surface area contributed by atoms with Gasteiger partial charge in [0.1, 0.15) is 0 Å². The normalized spacial score (nSPS) is 10.7. The average Bonchev–Trinajstić information content (AvgIpc) is 2.73. The second-order valence-electron chi connectivity index (χ2n) is 6.18. The quantitative estimate of drug-likeness (QED) is 0.589. The first kappa shape index (κ1) is 16.7. The number of nitrogens with one attached hydrogen (secondary N) is 2. The lowest BCUT2D eigenvalue weighted by atomic mass is 9.99. The molecular weight excluding hydrogens is 338 g/mol. The van der Waals surface area contributed by atoms with E-state index in [1.807, 2.05) is 66.7 Å². The molecule has 0 aliphatic heterocycles. The Kier molecular flexibility index (Phi) is 4.26. The molecule has 0 aliphatic carbocycles. The summed E-state index contributed by atoms with van der Waals surface area (Å²) in [4.78, 5) is 30.9. The van der Waals surface area contributed by atoms with Crippen LogP contribution in [0.2, 0.25) is 0 Å². The highest BCUT2D eigenvalue weighted by Crippen LogP contribution is 2.29. The molecule has 5 heteroatoms. The number of H-pyrrole nitrogens is 1. The number of rotatable bonds is 3. The Morgan fingerprint density at radius 3 is 2.41 bits per heavy atom. The number of fused-ring (bicyclic) bond motifs is 1. The number of nitrogens with zero attached hydrogens (tertiary/aromatic N) is 1. The van der Waals surface area contributed by atoms with Crippen LogP contribution >= 0.6 is 0 Å². The Morgan fingerprint density at radius 1 is 0.889 bits per heavy atom. The van der Waals surface area contributed by atoms with Crippen molar-refractivity contribution in [3.8, 4) is 22.4 Å². The van der Waals surface area contributed by atoms with Crippen molar-refractivity contribution in [1.82, 2.24) is 15.3 Å². The van der Waals surface area contributed by atoms with Gasteiger partial charge >= 0.3 is 5.69 Å². The topological polar surface area (TPSA) is 74.8 Å². The first-order chi connectivity index (χ1) is 13.2. The zero-order valence-corrected chi connectivity index (χ0v) is 14.7. The maximum absolute atomic E-state index is 12.0. The molecule has 0 spiro atoms. The van der Waals surface area contributed by atoms with Gasteiger partial charge in [-0.15, -0.1) is 0 Å². The van der Waals surface area contributed by atoms with Gasteiger partial charge in [0.2, 0.25) is 0 Å². The van der Waals surface area contributed by atoms with E-state index in [0.717, 1.165) is 27.6 Å². The van der Waals surface area contributed by atoms with Crippen molar-refractivity contribution in [2.24, 2.45) is 0 Å². The van der Waals surface area contributed by atoms with E-state index in [1.165, 1.54) is 0 Å². The fourth-order valence-electron chi connectivity index (χ4n) is 3.13. The second kappa shape index (κ2) is 6.88. The van der Waals surface area contributed by atoms with Gasteiger partial charge in [-0.2, -0.15) is 4.98 Å². The summed E-state index contributed by atoms with van der Waals surface area (Å²) >= 11 is 0. The summed E-state index contributed by atoms with van der Waals surface area (Å²) in [5, 5.41) is 3.49. The van der Waals surface area contributed by atoms with Gasteiger partial charge in [-0.25, -0.2) is 4.79 Å². The van der Waals surface area contributed by atoms with E-state index in [-0.39, 0.29) is 11.6 Å². The molecule has 0 atom stereocenters. The molecule has 2 N–H and O–H groups in total. The minimum Gasteiger partial charge on any atom is -0.355 e. The zero-order valence-electron chi connectivity index (χ0n) is 14.7. The number of benzene rings is 3. The van der Waals surface area contributed by atoms with E-state index in [9.17, 15) is 9.59 Å². The van der Waals surface area contributed by atoms with Crippen molar-refractivity contribution >= 4 is 16.8 Å². The first-order valence-corrected chi connectivity index (χ1v) is 8.58. The van der Waals surface area contributed by atoms with Crippen LogP contribution in [0.25, 0.3) is 33.3 Å². The summed E-state index contributed by atoms with van der Waals surface area (Å²) in [5.74, 6) is -0.131. The third-order valence-electron chi connectivity index (χ3n) is 4.46. The number of aromatic nitrogens is 2. The summed E-state index contributed by atoms with van der Waals surface area (Å²) in [6.45, 7) is 0. The Labute approximate surface area is 155 Å². The number of aromatic amines is 1. The molecule has 1 aromatic heterocycles. The summed E-state index contributed by atoms with van der Waals surface area (Å²) in [6.07, 6.45) is 0. The van der Waals surface area contributed by atoms with Gasteiger partial charge < -0.3 is 10.3 Å². The SMILES string of the molecule is CNC(=O)c1cccc(-c2ccc3[nH]c(=O)nc(-c4ccccc4)c3c2)c1. The predicted octanol–water partition coefficient (Wildman–Crippen LogP) is 3.62. The van der Waals surface area contributed by atoms with Crippen molar-refractivity contribution in [2.75, 3.05) is 7.05 Å². The Morgan fingerprint density at radius 2 is 1.63 bits per heavy atom. The van der Waals surface area contributed by atoms with Crippen LogP contribution in [-0.2, 0) is 0 Å². The fraction of sp³-hybridized carbons (Fsp3) is 0.0455. The molecule has 1 heterocycles. The van der Waals surface area contributed by atoms with Crippen LogP contribution in [0.3, 0.4) is 0 Å². The van der Waals surface area contributed by atoms with Gasteiger partial charge in [0, 0.05) is 23.6 Å². The molecule has 132 valence electrons. The van der Waals surface area contributed by atoms with Crippen molar-refractivity contribution < 1.29 is 4.79 Å².